The summed E-state index contributed by atoms with van der Waals surface area (Å²) in [5, 5.41) is 0. The zero-order valence-electron chi connectivity index (χ0n) is 16.2. The lowest BCUT2D eigenvalue weighted by molar-refractivity contribution is 0.155. The van der Waals surface area contributed by atoms with Crippen molar-refractivity contribution >= 4 is 0 Å². The number of hydrogen-bond acceptors (Lipinski definition) is 0. The van der Waals surface area contributed by atoms with Gasteiger partial charge in [-0.1, -0.05) is 89.3 Å². The molecule has 0 radical (unpaired) electrons. The summed E-state index contributed by atoms with van der Waals surface area (Å²) in [5.74, 6) is 0. The molecule has 0 fully saturated rings. The average molecular weight is 311 g/mol. The van der Waals surface area contributed by atoms with Gasteiger partial charge in [0.2, 0.25) is 0 Å². The monoisotopic (exact) mass is 310 g/mol. The Morgan fingerprint density at radius 2 is 1.83 bits per heavy atom. The highest BCUT2D eigenvalue weighted by Gasteiger charge is 2.38. The van der Waals surface area contributed by atoms with Crippen LogP contribution in [0.5, 0.6) is 0 Å². The first-order chi connectivity index (χ1) is 10.7. The summed E-state index contributed by atoms with van der Waals surface area (Å²) in [7, 11) is 0. The lowest BCUT2D eigenvalue weighted by Gasteiger charge is -2.43. The molecule has 126 valence electrons. The zero-order chi connectivity index (χ0) is 17.7. The van der Waals surface area contributed by atoms with Crippen LogP contribution < -0.4 is 0 Å². The van der Waals surface area contributed by atoms with E-state index >= 15 is 0 Å². The molecule has 1 aromatic carbocycles. The molecule has 0 heteroatoms. The summed E-state index contributed by atoms with van der Waals surface area (Å²) < 4.78 is 0. The van der Waals surface area contributed by atoms with Crippen molar-refractivity contribution in [1.29, 1.82) is 0 Å². The molecular weight excluding hydrogens is 276 g/mol. The minimum Gasteiger partial charge on any atom is -0.0988 e. The summed E-state index contributed by atoms with van der Waals surface area (Å²) in [4.78, 5) is 0. The maximum atomic E-state index is 3.95. The Hall–Kier alpha value is -1.56. The first kappa shape index (κ1) is 19.5. The van der Waals surface area contributed by atoms with Crippen LogP contribution in [0.25, 0.3) is 0 Å². The van der Waals surface area contributed by atoms with E-state index in [4.69, 9.17) is 0 Å². The summed E-state index contributed by atoms with van der Waals surface area (Å²) >= 11 is 0. The SMILES string of the molecule is C=C/C(=C\C(=C/C)C(C)(C)C(C)(C)Cc1cccc(C)c1)CC. The van der Waals surface area contributed by atoms with Gasteiger partial charge in [0.1, 0.15) is 0 Å². The Balaban J connectivity index is 3.16. The Bertz CT molecular complexity index is 594. The third-order valence-electron chi connectivity index (χ3n) is 5.46. The Morgan fingerprint density at radius 3 is 2.30 bits per heavy atom. The van der Waals surface area contributed by atoms with Crippen molar-refractivity contribution < 1.29 is 0 Å². The van der Waals surface area contributed by atoms with Gasteiger partial charge in [0.05, 0.1) is 0 Å². The van der Waals surface area contributed by atoms with Crippen molar-refractivity contribution in [3.63, 3.8) is 0 Å². The Kier molecular flexibility index (Phi) is 6.62. The van der Waals surface area contributed by atoms with E-state index in [2.05, 4.69) is 91.5 Å². The van der Waals surface area contributed by atoms with Gasteiger partial charge in [-0.3, -0.25) is 0 Å². The molecule has 0 aliphatic heterocycles. The van der Waals surface area contributed by atoms with E-state index in [0.717, 1.165) is 12.8 Å². The molecule has 0 heterocycles. The number of aryl methyl sites for hydroxylation is 1. The van der Waals surface area contributed by atoms with Crippen molar-refractivity contribution in [1.82, 2.24) is 0 Å². The van der Waals surface area contributed by atoms with Crippen LogP contribution in [0.15, 0.2) is 60.2 Å². The lowest BCUT2D eigenvalue weighted by atomic mass is 9.61. The molecule has 0 unspecified atom stereocenters. The van der Waals surface area contributed by atoms with Crippen LogP contribution >= 0.6 is 0 Å². The molecule has 23 heavy (non-hydrogen) atoms. The molecule has 0 spiro atoms. The van der Waals surface area contributed by atoms with E-state index in [1.54, 1.807) is 0 Å². The third-order valence-corrected chi connectivity index (χ3v) is 5.46. The van der Waals surface area contributed by atoms with Crippen molar-refractivity contribution in [3.8, 4) is 0 Å². The molecule has 0 saturated carbocycles. The summed E-state index contributed by atoms with van der Waals surface area (Å²) in [6, 6.07) is 8.89. The highest BCUT2D eigenvalue weighted by Crippen LogP contribution is 2.47. The molecule has 0 saturated heterocycles. The van der Waals surface area contributed by atoms with Crippen LogP contribution in [0.2, 0.25) is 0 Å². The summed E-state index contributed by atoms with van der Waals surface area (Å²) in [6.45, 7) is 19.9. The van der Waals surface area contributed by atoms with Crippen molar-refractivity contribution in [2.45, 2.75) is 61.3 Å². The molecule has 0 bridgehead atoms. The zero-order valence-corrected chi connectivity index (χ0v) is 16.2. The minimum atomic E-state index is 0.0783. The molecule has 0 N–H and O–H groups in total. The molecule has 0 atom stereocenters. The van der Waals surface area contributed by atoms with E-state index in [0.29, 0.717) is 0 Å². The minimum absolute atomic E-state index is 0.0783. The van der Waals surface area contributed by atoms with Crippen LogP contribution in [0, 0.1) is 17.8 Å². The average Bonchev–Trinajstić information content (AvgIpc) is 2.47. The van der Waals surface area contributed by atoms with E-state index < -0.39 is 0 Å². The van der Waals surface area contributed by atoms with Gasteiger partial charge in [-0.2, -0.15) is 0 Å². The highest BCUT2D eigenvalue weighted by atomic mass is 14.4. The van der Waals surface area contributed by atoms with Gasteiger partial charge in [-0.25, -0.2) is 0 Å². The maximum absolute atomic E-state index is 3.95. The fourth-order valence-corrected chi connectivity index (χ4v) is 3.07. The van der Waals surface area contributed by atoms with Gasteiger partial charge >= 0.3 is 0 Å². The maximum Gasteiger partial charge on any atom is -0.00524 e. The van der Waals surface area contributed by atoms with Gasteiger partial charge in [-0.05, 0) is 54.2 Å². The normalized spacial score (nSPS) is 14.0. The second kappa shape index (κ2) is 7.81. The van der Waals surface area contributed by atoms with E-state index in [9.17, 15) is 0 Å². The second-order valence-electron chi connectivity index (χ2n) is 7.70. The molecule has 1 aromatic rings. The molecule has 0 aliphatic rings. The number of rotatable bonds is 7. The van der Waals surface area contributed by atoms with E-state index in [-0.39, 0.29) is 10.8 Å². The second-order valence-corrected chi connectivity index (χ2v) is 7.70. The van der Waals surface area contributed by atoms with Gasteiger partial charge in [0.25, 0.3) is 0 Å². The van der Waals surface area contributed by atoms with Crippen molar-refractivity contribution in [3.05, 3.63) is 71.3 Å². The van der Waals surface area contributed by atoms with Crippen LogP contribution in [-0.4, -0.2) is 0 Å². The number of allylic oxidation sites excluding steroid dienone is 5. The molecule has 0 amide bonds. The van der Waals surface area contributed by atoms with Gasteiger partial charge < -0.3 is 0 Å². The number of hydrogen-bond donors (Lipinski definition) is 0. The topological polar surface area (TPSA) is 0 Å². The van der Waals surface area contributed by atoms with E-state index in [1.807, 2.05) is 6.08 Å². The smallest absolute Gasteiger partial charge is 0.00524 e. The number of benzene rings is 1. The predicted molar refractivity (Wildman–Crippen MR) is 105 cm³/mol. The Morgan fingerprint density at radius 1 is 1.17 bits per heavy atom. The van der Waals surface area contributed by atoms with Crippen LogP contribution in [0.4, 0.5) is 0 Å². The standard InChI is InChI=1S/C23H34/c1-9-19(10-2)16-21(11-3)23(7,8)22(5,6)17-20-14-12-13-18(4)15-20/h9,11-16H,1,10,17H2,2-8H3/b19-16+,21-11+. The largest absolute Gasteiger partial charge is 0.0988 e. The first-order valence-corrected chi connectivity index (χ1v) is 8.73. The Labute approximate surface area is 144 Å². The summed E-state index contributed by atoms with van der Waals surface area (Å²) in [5.41, 5.74) is 5.68. The van der Waals surface area contributed by atoms with Gasteiger partial charge in [0, 0.05) is 0 Å². The predicted octanol–water partition coefficient (Wildman–Crippen LogP) is 7.06. The van der Waals surface area contributed by atoms with Gasteiger partial charge in [-0.15, -0.1) is 0 Å². The van der Waals surface area contributed by atoms with E-state index in [1.165, 1.54) is 22.3 Å². The highest BCUT2D eigenvalue weighted by molar-refractivity contribution is 5.35. The molecule has 0 aliphatic carbocycles. The van der Waals surface area contributed by atoms with Crippen molar-refractivity contribution in [2.75, 3.05) is 0 Å². The fourth-order valence-electron chi connectivity index (χ4n) is 3.07. The third kappa shape index (κ3) is 4.70. The van der Waals surface area contributed by atoms with Crippen LogP contribution in [-0.2, 0) is 6.42 Å². The molecule has 0 nitrogen and oxygen atoms in total. The molecule has 0 aromatic heterocycles. The lowest BCUT2D eigenvalue weighted by Crippen LogP contribution is -2.36. The van der Waals surface area contributed by atoms with Crippen LogP contribution in [0.1, 0.15) is 59.1 Å². The van der Waals surface area contributed by atoms with Crippen LogP contribution in [0.3, 0.4) is 0 Å². The summed E-state index contributed by atoms with van der Waals surface area (Å²) in [6.07, 6.45) is 8.66. The fraction of sp³-hybridized carbons (Fsp3) is 0.478. The molecular formula is C23H34. The quantitative estimate of drug-likeness (QED) is 0.473. The van der Waals surface area contributed by atoms with Crippen molar-refractivity contribution in [2.24, 2.45) is 10.8 Å². The molecule has 1 rings (SSSR count). The van der Waals surface area contributed by atoms with Gasteiger partial charge in [0.15, 0.2) is 0 Å². The first-order valence-electron chi connectivity index (χ1n) is 8.73.